The molecule has 12 heteroatoms. The van der Waals surface area contributed by atoms with Crippen molar-refractivity contribution in [2.75, 3.05) is 0 Å². The van der Waals surface area contributed by atoms with Crippen molar-refractivity contribution >= 4 is 10.1 Å². The van der Waals surface area contributed by atoms with Gasteiger partial charge in [0.1, 0.15) is 5.41 Å². The highest BCUT2D eigenvalue weighted by molar-refractivity contribution is 7.87. The first-order valence-electron chi connectivity index (χ1n) is 6.16. The predicted molar refractivity (Wildman–Crippen MR) is 65.1 cm³/mol. The Hall–Kier alpha value is -1.17. The summed E-state index contributed by atoms with van der Waals surface area (Å²) < 4.78 is 145. The van der Waals surface area contributed by atoms with E-state index in [0.29, 0.717) is 6.92 Å². The van der Waals surface area contributed by atoms with E-state index in [-0.39, 0.29) is 13.0 Å². The third-order valence-corrected chi connectivity index (χ3v) is 6.11. The summed E-state index contributed by atoms with van der Waals surface area (Å²) in [6, 6.07) is 0. The van der Waals surface area contributed by atoms with E-state index in [2.05, 4.69) is 6.58 Å². The molecule has 0 spiro atoms. The van der Waals surface area contributed by atoms with Gasteiger partial charge in [-0.05, 0) is 25.0 Å². The number of alkyl halides is 8. The molecule has 1 fully saturated rings. The van der Waals surface area contributed by atoms with Crippen LogP contribution in [0.1, 0.15) is 13.8 Å². The first kappa shape index (κ1) is 19.2. The van der Waals surface area contributed by atoms with Crippen LogP contribution in [0.15, 0.2) is 23.8 Å². The van der Waals surface area contributed by atoms with Crippen LogP contribution < -0.4 is 0 Å². The number of halogens is 8. The summed E-state index contributed by atoms with van der Waals surface area (Å²) in [6.45, 7) is 3.28. The van der Waals surface area contributed by atoms with Gasteiger partial charge in [-0.1, -0.05) is 12.7 Å². The van der Waals surface area contributed by atoms with Crippen LogP contribution in [0.2, 0.25) is 0 Å². The molecule has 0 aromatic carbocycles. The molecule has 0 aromatic heterocycles. The van der Waals surface area contributed by atoms with Crippen molar-refractivity contribution in [2.24, 2.45) is 5.41 Å². The first-order valence-corrected chi connectivity index (χ1v) is 7.60. The summed E-state index contributed by atoms with van der Waals surface area (Å²) in [7, 11) is -7.20. The molecule has 2 aliphatic carbocycles. The maximum absolute atomic E-state index is 15.1. The van der Waals surface area contributed by atoms with Crippen molar-refractivity contribution in [3.8, 4) is 0 Å². The monoisotopic (exact) mass is 386 g/mol. The summed E-state index contributed by atoms with van der Waals surface area (Å²) in [5, 5.41) is -6.61. The van der Waals surface area contributed by atoms with E-state index < -0.39 is 55.1 Å². The van der Waals surface area contributed by atoms with Gasteiger partial charge in [-0.3, -0.25) is 4.55 Å². The molecule has 1 N–H and O–H groups in total. The van der Waals surface area contributed by atoms with Crippen LogP contribution in [0.3, 0.4) is 0 Å². The Morgan fingerprint density at radius 2 is 1.38 bits per heavy atom. The topological polar surface area (TPSA) is 54.4 Å². The van der Waals surface area contributed by atoms with Crippen molar-refractivity contribution in [1.29, 1.82) is 0 Å². The lowest BCUT2D eigenvalue weighted by Crippen LogP contribution is -2.84. The Morgan fingerprint density at radius 3 is 1.75 bits per heavy atom. The number of rotatable bonds is 1. The molecule has 3 atom stereocenters. The quantitative estimate of drug-likeness (QED) is 0.553. The lowest BCUT2D eigenvalue weighted by atomic mass is 9.57. The Labute approximate surface area is 130 Å². The lowest BCUT2D eigenvalue weighted by molar-refractivity contribution is -0.398. The van der Waals surface area contributed by atoms with Crippen LogP contribution in [0.5, 0.6) is 0 Å². The van der Waals surface area contributed by atoms with E-state index in [1.165, 1.54) is 0 Å². The molecule has 138 valence electrons. The molecule has 0 bridgehead atoms. The van der Waals surface area contributed by atoms with Crippen molar-refractivity contribution in [3.05, 3.63) is 23.8 Å². The van der Waals surface area contributed by atoms with Crippen LogP contribution in [0.25, 0.3) is 0 Å². The number of fused-ring (bicyclic) bond motifs is 1. The minimum atomic E-state index is -7.20. The molecule has 0 aromatic rings. The molecule has 0 heterocycles. The van der Waals surface area contributed by atoms with E-state index in [4.69, 9.17) is 4.55 Å². The molecule has 0 radical (unpaired) electrons. The summed E-state index contributed by atoms with van der Waals surface area (Å²) in [6.07, 6.45) is 0.285. The fraction of sp³-hybridized carbons (Fsp3) is 0.667. The van der Waals surface area contributed by atoms with E-state index >= 15 is 4.39 Å². The predicted octanol–water partition coefficient (Wildman–Crippen LogP) is 3.69. The summed E-state index contributed by atoms with van der Waals surface area (Å²) in [4.78, 5) is 0. The molecule has 2 aliphatic rings. The maximum Gasteiger partial charge on any atom is 0.369 e. The van der Waals surface area contributed by atoms with Crippen LogP contribution in [0.4, 0.5) is 35.1 Å². The van der Waals surface area contributed by atoms with Gasteiger partial charge in [-0.15, -0.1) is 0 Å². The first-order chi connectivity index (χ1) is 10.3. The van der Waals surface area contributed by atoms with Gasteiger partial charge in [-0.25, -0.2) is 8.78 Å². The van der Waals surface area contributed by atoms with E-state index in [1.54, 1.807) is 0 Å². The largest absolute Gasteiger partial charge is 0.369 e. The molecule has 2 rings (SSSR count). The normalized spacial score (nSPS) is 43.3. The minimum Gasteiger partial charge on any atom is -0.283 e. The van der Waals surface area contributed by atoms with Gasteiger partial charge >= 0.3 is 32.9 Å². The summed E-state index contributed by atoms with van der Waals surface area (Å²) >= 11 is 0. The second-order valence-electron chi connectivity index (χ2n) is 5.93. The molecular formula is C12H10F8O3S. The van der Waals surface area contributed by atoms with Gasteiger partial charge in [0.15, 0.2) is 0 Å². The molecule has 24 heavy (non-hydrogen) atoms. The molecule has 0 saturated heterocycles. The number of allylic oxidation sites excluding steroid dienone is 3. The summed E-state index contributed by atoms with van der Waals surface area (Å²) in [5.41, 5.74) is -11.5. The fourth-order valence-corrected chi connectivity index (χ4v) is 4.28. The molecule has 3 unspecified atom stereocenters. The zero-order valence-corrected chi connectivity index (χ0v) is 12.8. The Balaban J connectivity index is 3.11. The molecule has 0 amide bonds. The highest BCUT2D eigenvalue weighted by Gasteiger charge is 3.00. The number of hydrogen-bond donors (Lipinski definition) is 1. The van der Waals surface area contributed by atoms with Gasteiger partial charge in [-0.2, -0.15) is 34.8 Å². The molecule has 3 nitrogen and oxygen atoms in total. The SMILES string of the molecule is C=C1C=C(C)C2(F)C(F)(F)C(F)(S(=O)(=O)O)C(F)(F)C(F)(F)C12C. The molecule has 1 saturated carbocycles. The van der Waals surface area contributed by atoms with Crippen molar-refractivity contribution in [2.45, 2.75) is 42.3 Å². The minimum absolute atomic E-state index is 0.0340. The van der Waals surface area contributed by atoms with Crippen molar-refractivity contribution < 1.29 is 48.1 Å². The van der Waals surface area contributed by atoms with Crippen molar-refractivity contribution in [1.82, 2.24) is 0 Å². The molecular weight excluding hydrogens is 376 g/mol. The van der Waals surface area contributed by atoms with Gasteiger partial charge in [0, 0.05) is 0 Å². The highest BCUT2D eigenvalue weighted by atomic mass is 32.2. The Bertz CT molecular complexity index is 773. The fourth-order valence-electron chi connectivity index (χ4n) is 3.36. The highest BCUT2D eigenvalue weighted by Crippen LogP contribution is 2.76. The average Bonchev–Trinajstić information content (AvgIpc) is 2.57. The second-order valence-corrected chi connectivity index (χ2v) is 7.44. The van der Waals surface area contributed by atoms with E-state index in [9.17, 15) is 39.2 Å². The summed E-state index contributed by atoms with van der Waals surface area (Å²) in [5.74, 6) is -18.9. The zero-order valence-electron chi connectivity index (χ0n) is 12.0. The van der Waals surface area contributed by atoms with Crippen molar-refractivity contribution in [3.63, 3.8) is 0 Å². The van der Waals surface area contributed by atoms with Gasteiger partial charge < -0.3 is 0 Å². The molecule has 0 aliphatic heterocycles. The lowest BCUT2D eigenvalue weighted by Gasteiger charge is -2.58. The standard InChI is InChI=1S/C12H10F8O3S/c1-5-4-6(2)8(13)7(5,3)9(14,15)11(18,19)12(20,10(8,16)17)24(21,22)23/h4H,1H2,2-3H3,(H,21,22,23). The van der Waals surface area contributed by atoms with Crippen LogP contribution in [0, 0.1) is 5.41 Å². The number of hydrogen-bond acceptors (Lipinski definition) is 2. The smallest absolute Gasteiger partial charge is 0.283 e. The van der Waals surface area contributed by atoms with E-state index in [1.807, 2.05) is 0 Å². The van der Waals surface area contributed by atoms with Gasteiger partial charge in [0.25, 0.3) is 0 Å². The Kier molecular flexibility index (Phi) is 3.31. The zero-order chi connectivity index (χ0) is 19.4. The second kappa shape index (κ2) is 4.14. The van der Waals surface area contributed by atoms with Crippen LogP contribution >= 0.6 is 0 Å². The van der Waals surface area contributed by atoms with Gasteiger partial charge in [0.05, 0.1) is 0 Å². The van der Waals surface area contributed by atoms with E-state index in [0.717, 1.165) is 0 Å². The third kappa shape index (κ3) is 1.35. The maximum atomic E-state index is 15.1. The van der Waals surface area contributed by atoms with Crippen LogP contribution in [-0.4, -0.2) is 41.4 Å². The van der Waals surface area contributed by atoms with Gasteiger partial charge in [0.2, 0.25) is 5.67 Å². The average molecular weight is 386 g/mol. The third-order valence-electron chi connectivity index (χ3n) is 4.88. The Morgan fingerprint density at radius 1 is 0.958 bits per heavy atom. The van der Waals surface area contributed by atoms with Crippen LogP contribution in [-0.2, 0) is 10.1 Å².